The van der Waals surface area contributed by atoms with Crippen LogP contribution < -0.4 is 25.4 Å². The summed E-state index contributed by atoms with van der Waals surface area (Å²) in [5, 5.41) is 9.32. The van der Waals surface area contributed by atoms with Crippen LogP contribution in [0.5, 0.6) is 11.5 Å². The zero-order chi connectivity index (χ0) is 21.2. The maximum Gasteiger partial charge on any atom is 0.227 e. The molecule has 0 aromatic heterocycles. The van der Waals surface area contributed by atoms with Gasteiger partial charge in [0.05, 0.1) is 31.2 Å². The van der Waals surface area contributed by atoms with Gasteiger partial charge in [-0.05, 0) is 59.2 Å². The highest BCUT2D eigenvalue weighted by Crippen LogP contribution is 2.30. The van der Waals surface area contributed by atoms with Crippen LogP contribution in [0.4, 0.5) is 0 Å². The average molecular weight is 520 g/mol. The van der Waals surface area contributed by atoms with Gasteiger partial charge in [-0.3, -0.25) is 9.79 Å². The van der Waals surface area contributed by atoms with Crippen LogP contribution in [0, 0.1) is 5.41 Å². The molecule has 0 bridgehead atoms. The minimum atomic E-state index is -0.582. The molecule has 0 aliphatic heterocycles. The van der Waals surface area contributed by atoms with Crippen LogP contribution in [0.3, 0.4) is 0 Å². The summed E-state index contributed by atoms with van der Waals surface area (Å²) in [4.78, 5) is 16.6. The number of carbonyl (C=O) groups is 1. The first-order chi connectivity index (χ1) is 13.3. The summed E-state index contributed by atoms with van der Waals surface area (Å²) in [5.74, 6) is 2.11. The van der Waals surface area contributed by atoms with Crippen LogP contribution in [0.2, 0.25) is 0 Å². The minimum Gasteiger partial charge on any atom is -0.490 e. The van der Waals surface area contributed by atoms with Crippen LogP contribution in [0.15, 0.2) is 23.2 Å². The van der Waals surface area contributed by atoms with E-state index in [4.69, 9.17) is 9.47 Å². The Kier molecular flexibility index (Phi) is 12.7. The summed E-state index contributed by atoms with van der Waals surface area (Å²) in [6, 6.07) is 5.93. The molecular weight excluding hydrogens is 483 g/mol. The van der Waals surface area contributed by atoms with Crippen LogP contribution >= 0.6 is 24.0 Å². The molecule has 1 aromatic carbocycles. The number of hydrogen-bond donors (Lipinski definition) is 3. The molecule has 0 heterocycles. The summed E-state index contributed by atoms with van der Waals surface area (Å²) in [5.41, 5.74) is 0.477. The van der Waals surface area contributed by atoms with Gasteiger partial charge in [0, 0.05) is 13.6 Å². The van der Waals surface area contributed by atoms with Crippen LogP contribution in [0.25, 0.3) is 0 Å². The van der Waals surface area contributed by atoms with Crippen molar-refractivity contribution in [3.63, 3.8) is 0 Å². The number of hydrogen-bond acceptors (Lipinski definition) is 4. The van der Waals surface area contributed by atoms with Gasteiger partial charge in [-0.25, -0.2) is 0 Å². The molecule has 0 aliphatic carbocycles. The highest BCUT2D eigenvalue weighted by atomic mass is 127. The van der Waals surface area contributed by atoms with E-state index >= 15 is 0 Å². The zero-order valence-electron chi connectivity index (χ0n) is 18.7. The predicted octanol–water partition coefficient (Wildman–Crippen LogP) is 3.49. The molecule has 3 N–H and O–H groups in total. The van der Waals surface area contributed by atoms with E-state index in [0.29, 0.717) is 25.7 Å². The first-order valence-corrected chi connectivity index (χ1v) is 9.95. The molecular formula is C21H37IN4O3. The molecule has 0 saturated carbocycles. The van der Waals surface area contributed by atoms with Crippen molar-refractivity contribution in [1.82, 2.24) is 16.0 Å². The monoisotopic (exact) mass is 520 g/mol. The SMILES string of the molecule is CCNC(=NCC(C)(C)C(=O)NC)NC(C)c1ccc(OCC)c(OCC)c1.I. The van der Waals surface area contributed by atoms with Gasteiger partial charge in [-0.2, -0.15) is 0 Å². The van der Waals surface area contributed by atoms with Crippen molar-refractivity contribution in [2.75, 3.05) is 33.4 Å². The number of nitrogens with zero attached hydrogens (tertiary/aromatic N) is 1. The molecule has 29 heavy (non-hydrogen) atoms. The quantitative estimate of drug-likeness (QED) is 0.250. The molecule has 166 valence electrons. The number of aliphatic imine (C=N–C) groups is 1. The number of amides is 1. The Morgan fingerprint density at radius 2 is 1.76 bits per heavy atom. The molecule has 0 aliphatic rings. The van der Waals surface area contributed by atoms with Gasteiger partial charge < -0.3 is 25.4 Å². The van der Waals surface area contributed by atoms with Gasteiger partial charge in [-0.1, -0.05) is 6.07 Å². The Morgan fingerprint density at radius 1 is 1.14 bits per heavy atom. The van der Waals surface area contributed by atoms with Gasteiger partial charge in [0.1, 0.15) is 0 Å². The number of guanidine groups is 1. The third-order valence-electron chi connectivity index (χ3n) is 4.24. The second-order valence-electron chi connectivity index (χ2n) is 7.10. The summed E-state index contributed by atoms with van der Waals surface area (Å²) in [7, 11) is 1.64. The van der Waals surface area contributed by atoms with Gasteiger partial charge in [0.2, 0.25) is 5.91 Å². The van der Waals surface area contributed by atoms with E-state index in [1.54, 1.807) is 7.05 Å². The first kappa shape index (κ1) is 27.3. The summed E-state index contributed by atoms with van der Waals surface area (Å²) in [6.45, 7) is 14.0. The summed E-state index contributed by atoms with van der Waals surface area (Å²) < 4.78 is 11.4. The number of carbonyl (C=O) groups excluding carboxylic acids is 1. The first-order valence-electron chi connectivity index (χ1n) is 9.95. The molecule has 0 spiro atoms. The van der Waals surface area contributed by atoms with Crippen LogP contribution in [0.1, 0.15) is 53.1 Å². The lowest BCUT2D eigenvalue weighted by Gasteiger charge is -2.23. The van der Waals surface area contributed by atoms with Crippen molar-refractivity contribution in [2.45, 2.75) is 47.6 Å². The van der Waals surface area contributed by atoms with Crippen molar-refractivity contribution in [3.05, 3.63) is 23.8 Å². The number of nitrogens with one attached hydrogen (secondary N) is 3. The Labute approximate surface area is 192 Å². The predicted molar refractivity (Wildman–Crippen MR) is 130 cm³/mol. The van der Waals surface area contributed by atoms with Crippen LogP contribution in [-0.2, 0) is 4.79 Å². The van der Waals surface area contributed by atoms with Gasteiger partial charge in [-0.15, -0.1) is 24.0 Å². The second kappa shape index (κ2) is 13.5. The van der Waals surface area contributed by atoms with Crippen molar-refractivity contribution >= 4 is 35.8 Å². The maximum atomic E-state index is 12.0. The fourth-order valence-electron chi connectivity index (χ4n) is 2.63. The van der Waals surface area contributed by atoms with Crippen molar-refractivity contribution in [2.24, 2.45) is 10.4 Å². The standard InChI is InChI=1S/C21H36N4O3.HI/c1-8-23-20(24-14-21(5,6)19(26)22-7)25-15(4)16-11-12-17(27-9-2)18(13-16)28-10-3;/h11-13,15H,8-10,14H2,1-7H3,(H,22,26)(H2,23,24,25);1H. The lowest BCUT2D eigenvalue weighted by atomic mass is 9.93. The molecule has 8 heteroatoms. The highest BCUT2D eigenvalue weighted by molar-refractivity contribution is 14.0. The fraction of sp³-hybridized carbons (Fsp3) is 0.619. The summed E-state index contributed by atoms with van der Waals surface area (Å²) in [6.07, 6.45) is 0. The van der Waals surface area contributed by atoms with Gasteiger partial charge in [0.15, 0.2) is 17.5 Å². The highest BCUT2D eigenvalue weighted by Gasteiger charge is 2.26. The third-order valence-corrected chi connectivity index (χ3v) is 4.24. The smallest absolute Gasteiger partial charge is 0.227 e. The van der Waals surface area contributed by atoms with E-state index in [2.05, 4.69) is 27.9 Å². The molecule has 1 atom stereocenters. The number of halogens is 1. The second-order valence-corrected chi connectivity index (χ2v) is 7.10. The van der Waals surface area contributed by atoms with E-state index in [0.717, 1.165) is 23.6 Å². The number of rotatable bonds is 10. The Morgan fingerprint density at radius 3 is 2.31 bits per heavy atom. The molecule has 1 aromatic rings. The molecule has 0 radical (unpaired) electrons. The summed E-state index contributed by atoms with van der Waals surface area (Å²) >= 11 is 0. The van der Waals surface area contributed by atoms with Gasteiger partial charge >= 0.3 is 0 Å². The maximum absolute atomic E-state index is 12.0. The normalized spacial score (nSPS) is 12.4. The number of benzene rings is 1. The minimum absolute atomic E-state index is 0. The van der Waals surface area contributed by atoms with Crippen molar-refractivity contribution in [1.29, 1.82) is 0 Å². The largest absolute Gasteiger partial charge is 0.490 e. The van der Waals surface area contributed by atoms with Crippen LogP contribution in [-0.4, -0.2) is 45.2 Å². The van der Waals surface area contributed by atoms with E-state index < -0.39 is 5.41 Å². The molecule has 1 amide bonds. The van der Waals surface area contributed by atoms with E-state index in [1.165, 1.54) is 0 Å². The van der Waals surface area contributed by atoms with Crippen molar-refractivity contribution in [3.8, 4) is 11.5 Å². The lowest BCUT2D eigenvalue weighted by molar-refractivity contribution is -0.128. The Balaban J connectivity index is 0.00000784. The zero-order valence-corrected chi connectivity index (χ0v) is 21.0. The molecule has 0 fully saturated rings. The Hall–Kier alpha value is -1.71. The topological polar surface area (TPSA) is 84.0 Å². The molecule has 7 nitrogen and oxygen atoms in total. The van der Waals surface area contributed by atoms with E-state index in [-0.39, 0.29) is 35.9 Å². The van der Waals surface area contributed by atoms with E-state index in [1.807, 2.05) is 52.8 Å². The molecule has 1 rings (SSSR count). The molecule has 0 saturated heterocycles. The Bertz CT molecular complexity index is 665. The third kappa shape index (κ3) is 8.67. The molecule has 1 unspecified atom stereocenters. The van der Waals surface area contributed by atoms with Gasteiger partial charge in [0.25, 0.3) is 0 Å². The van der Waals surface area contributed by atoms with E-state index in [9.17, 15) is 4.79 Å². The lowest BCUT2D eigenvalue weighted by Crippen LogP contribution is -2.41. The average Bonchev–Trinajstić information content (AvgIpc) is 2.67. The fourth-order valence-corrected chi connectivity index (χ4v) is 2.63. The van der Waals surface area contributed by atoms with Crippen molar-refractivity contribution < 1.29 is 14.3 Å². The number of ether oxygens (including phenoxy) is 2.